The summed E-state index contributed by atoms with van der Waals surface area (Å²) in [5, 5.41) is 8.93. The zero-order valence-corrected chi connectivity index (χ0v) is 12.1. The van der Waals surface area contributed by atoms with Gasteiger partial charge in [0, 0.05) is 12.1 Å². The average molecular weight is 297 g/mol. The molecule has 0 saturated heterocycles. The van der Waals surface area contributed by atoms with Crippen molar-refractivity contribution in [3.05, 3.63) is 42.3 Å². The van der Waals surface area contributed by atoms with Gasteiger partial charge in [-0.05, 0) is 26.1 Å². The maximum atomic E-state index is 10.9. The van der Waals surface area contributed by atoms with Gasteiger partial charge in [0.1, 0.15) is 12.3 Å². The third kappa shape index (κ3) is 3.82. The second-order valence-electron chi connectivity index (χ2n) is 4.44. The number of aromatic nitrogens is 1. The third-order valence-corrected chi connectivity index (χ3v) is 3.00. The number of carboxylic acids is 1. The minimum atomic E-state index is -0.853. The lowest BCUT2D eigenvalue weighted by Crippen LogP contribution is -2.35. The monoisotopic (exact) mass is 296 g/mol. The summed E-state index contributed by atoms with van der Waals surface area (Å²) in [4.78, 5) is 16.9. The molecule has 6 heteroatoms. The molecule has 0 aliphatic rings. The fraction of sp³-hybridized carbons (Fsp3) is 0.286. The maximum Gasteiger partial charge on any atom is 0.320 e. The first-order chi connectivity index (χ1) is 9.08. The van der Waals surface area contributed by atoms with E-state index in [9.17, 15) is 4.79 Å². The zero-order chi connectivity index (χ0) is 13.8. The number of carbonyl (C=O) groups is 1. The minimum Gasteiger partial charge on any atom is -0.480 e. The molecular formula is C14H17ClN2O3. The second-order valence-corrected chi connectivity index (χ2v) is 4.44. The van der Waals surface area contributed by atoms with Crippen LogP contribution in [-0.2, 0) is 11.3 Å². The Morgan fingerprint density at radius 2 is 2.05 bits per heavy atom. The van der Waals surface area contributed by atoms with Crippen LogP contribution in [0.15, 0.2) is 41.0 Å². The van der Waals surface area contributed by atoms with Gasteiger partial charge in [-0.3, -0.25) is 9.69 Å². The van der Waals surface area contributed by atoms with Crippen LogP contribution in [0, 0.1) is 0 Å². The number of oxazole rings is 1. The molecule has 5 nitrogen and oxygen atoms in total. The van der Waals surface area contributed by atoms with E-state index < -0.39 is 12.0 Å². The van der Waals surface area contributed by atoms with E-state index >= 15 is 0 Å². The van der Waals surface area contributed by atoms with Crippen LogP contribution in [0.2, 0.25) is 0 Å². The predicted octanol–water partition coefficient (Wildman–Crippen LogP) is 2.67. The van der Waals surface area contributed by atoms with Gasteiger partial charge < -0.3 is 9.52 Å². The molecule has 0 fully saturated rings. The molecular weight excluding hydrogens is 280 g/mol. The topological polar surface area (TPSA) is 66.6 Å². The highest BCUT2D eigenvalue weighted by Crippen LogP contribution is 2.18. The van der Waals surface area contributed by atoms with E-state index in [2.05, 4.69) is 4.98 Å². The van der Waals surface area contributed by atoms with Crippen molar-refractivity contribution in [2.45, 2.75) is 19.5 Å². The van der Waals surface area contributed by atoms with Crippen molar-refractivity contribution in [3.8, 4) is 11.5 Å². The van der Waals surface area contributed by atoms with Crippen LogP contribution in [0.4, 0.5) is 0 Å². The second kappa shape index (κ2) is 7.07. The van der Waals surface area contributed by atoms with Gasteiger partial charge in [0.2, 0.25) is 5.89 Å². The Morgan fingerprint density at radius 3 is 2.65 bits per heavy atom. The summed E-state index contributed by atoms with van der Waals surface area (Å²) in [6.45, 7) is 2.07. The van der Waals surface area contributed by atoms with Gasteiger partial charge in [-0.15, -0.1) is 12.4 Å². The van der Waals surface area contributed by atoms with Crippen LogP contribution in [0.3, 0.4) is 0 Å². The lowest BCUT2D eigenvalue weighted by molar-refractivity contribution is -0.142. The van der Waals surface area contributed by atoms with Crippen LogP contribution in [0.25, 0.3) is 11.5 Å². The van der Waals surface area contributed by atoms with Crippen molar-refractivity contribution in [1.82, 2.24) is 9.88 Å². The molecule has 2 aromatic rings. The molecule has 0 aliphatic carbocycles. The number of hydrogen-bond acceptors (Lipinski definition) is 4. The molecule has 0 radical (unpaired) electrons. The van der Waals surface area contributed by atoms with Crippen molar-refractivity contribution in [2.24, 2.45) is 0 Å². The Balaban J connectivity index is 0.00000200. The standard InChI is InChI=1S/C14H16N2O3.ClH/c1-10(14(17)18)16(2)8-12-9-19-13(15-12)11-6-4-3-5-7-11;/h3-7,9-10H,8H2,1-2H3,(H,17,18);1H. The molecule has 108 valence electrons. The van der Waals surface area contributed by atoms with Gasteiger partial charge in [0.05, 0.1) is 5.69 Å². The number of aliphatic carboxylic acids is 1. The first kappa shape index (κ1) is 16.2. The number of nitrogens with zero attached hydrogens (tertiary/aromatic N) is 2. The van der Waals surface area contributed by atoms with E-state index in [-0.39, 0.29) is 12.4 Å². The summed E-state index contributed by atoms with van der Waals surface area (Å²) >= 11 is 0. The molecule has 1 aromatic carbocycles. The molecule has 0 bridgehead atoms. The van der Waals surface area contributed by atoms with E-state index in [1.807, 2.05) is 30.3 Å². The molecule has 0 aliphatic heterocycles. The fourth-order valence-electron chi connectivity index (χ4n) is 1.67. The predicted molar refractivity (Wildman–Crippen MR) is 77.8 cm³/mol. The number of hydrogen-bond donors (Lipinski definition) is 1. The minimum absolute atomic E-state index is 0. The van der Waals surface area contributed by atoms with Gasteiger partial charge in [-0.25, -0.2) is 4.98 Å². The Kier molecular flexibility index (Phi) is 5.73. The highest BCUT2D eigenvalue weighted by atomic mass is 35.5. The molecule has 20 heavy (non-hydrogen) atoms. The van der Waals surface area contributed by atoms with E-state index in [1.54, 1.807) is 25.1 Å². The third-order valence-electron chi connectivity index (χ3n) is 3.00. The average Bonchev–Trinajstić information content (AvgIpc) is 2.87. The Labute approximate surface area is 123 Å². The molecule has 2 rings (SSSR count). The summed E-state index contributed by atoms with van der Waals surface area (Å²) in [6, 6.07) is 9.03. The fourth-order valence-corrected chi connectivity index (χ4v) is 1.67. The zero-order valence-electron chi connectivity index (χ0n) is 11.3. The highest BCUT2D eigenvalue weighted by molar-refractivity contribution is 5.85. The van der Waals surface area contributed by atoms with Crippen LogP contribution in [0.1, 0.15) is 12.6 Å². The van der Waals surface area contributed by atoms with Gasteiger partial charge in [0.25, 0.3) is 0 Å². The largest absolute Gasteiger partial charge is 0.480 e. The number of carboxylic acid groups (broad SMARTS) is 1. The van der Waals surface area contributed by atoms with Gasteiger partial charge in [-0.2, -0.15) is 0 Å². The molecule has 1 atom stereocenters. The molecule has 0 amide bonds. The maximum absolute atomic E-state index is 10.9. The molecule has 1 N–H and O–H groups in total. The molecule has 0 saturated carbocycles. The number of rotatable bonds is 5. The van der Waals surface area contributed by atoms with Crippen molar-refractivity contribution < 1.29 is 14.3 Å². The van der Waals surface area contributed by atoms with Gasteiger partial charge >= 0.3 is 5.97 Å². The summed E-state index contributed by atoms with van der Waals surface area (Å²) in [5.74, 6) is -0.304. The lowest BCUT2D eigenvalue weighted by Gasteiger charge is -2.19. The SMILES string of the molecule is CC(C(=O)O)N(C)Cc1coc(-c2ccccc2)n1.Cl. The summed E-state index contributed by atoms with van der Waals surface area (Å²) in [6.07, 6.45) is 1.56. The number of benzene rings is 1. The highest BCUT2D eigenvalue weighted by Gasteiger charge is 2.18. The van der Waals surface area contributed by atoms with E-state index in [0.29, 0.717) is 12.4 Å². The van der Waals surface area contributed by atoms with Crippen molar-refractivity contribution >= 4 is 18.4 Å². The Bertz CT molecular complexity index is 557. The summed E-state index contributed by atoms with van der Waals surface area (Å²) in [5.41, 5.74) is 1.62. The number of halogens is 1. The van der Waals surface area contributed by atoms with E-state index in [1.165, 1.54) is 0 Å². The Hall–Kier alpha value is -1.85. The van der Waals surface area contributed by atoms with Crippen LogP contribution >= 0.6 is 12.4 Å². The van der Waals surface area contributed by atoms with Crippen molar-refractivity contribution in [3.63, 3.8) is 0 Å². The molecule has 1 heterocycles. The van der Waals surface area contributed by atoms with Gasteiger partial charge in [-0.1, -0.05) is 18.2 Å². The van der Waals surface area contributed by atoms with Crippen molar-refractivity contribution in [2.75, 3.05) is 7.05 Å². The first-order valence-corrected chi connectivity index (χ1v) is 6.01. The summed E-state index contributed by atoms with van der Waals surface area (Å²) in [7, 11) is 1.75. The Morgan fingerprint density at radius 1 is 1.40 bits per heavy atom. The smallest absolute Gasteiger partial charge is 0.320 e. The quantitative estimate of drug-likeness (QED) is 0.919. The number of likely N-dealkylation sites (N-methyl/N-ethyl adjacent to an activating group) is 1. The molecule has 1 unspecified atom stereocenters. The van der Waals surface area contributed by atoms with Crippen LogP contribution < -0.4 is 0 Å². The van der Waals surface area contributed by atoms with E-state index in [4.69, 9.17) is 9.52 Å². The van der Waals surface area contributed by atoms with Crippen LogP contribution in [0.5, 0.6) is 0 Å². The van der Waals surface area contributed by atoms with Gasteiger partial charge in [0.15, 0.2) is 0 Å². The van der Waals surface area contributed by atoms with Crippen molar-refractivity contribution in [1.29, 1.82) is 0 Å². The van der Waals surface area contributed by atoms with E-state index in [0.717, 1.165) is 11.3 Å². The normalized spacial score (nSPS) is 11.9. The molecule has 0 spiro atoms. The lowest BCUT2D eigenvalue weighted by atomic mass is 10.2. The van der Waals surface area contributed by atoms with Crippen LogP contribution in [-0.4, -0.2) is 34.0 Å². The molecule has 1 aromatic heterocycles. The summed E-state index contributed by atoms with van der Waals surface area (Å²) < 4.78 is 5.41. The first-order valence-electron chi connectivity index (χ1n) is 6.01.